The Balaban J connectivity index is 0.000000660. The molecule has 0 saturated heterocycles. The Morgan fingerprint density at radius 3 is 2.08 bits per heavy atom. The van der Waals surface area contributed by atoms with Crippen molar-refractivity contribution < 1.29 is 24.4 Å². The third-order valence-corrected chi connectivity index (χ3v) is 4.71. The lowest BCUT2D eigenvalue weighted by atomic mass is 10.4. The van der Waals surface area contributed by atoms with Gasteiger partial charge in [-0.1, -0.05) is 32.0 Å². The number of nitrogens with zero attached hydrogens (tertiary/aromatic N) is 1. The van der Waals surface area contributed by atoms with Crippen LogP contribution in [0.2, 0.25) is 0 Å². The monoisotopic (exact) mass is 384 g/mol. The number of rotatable bonds is 11. The fourth-order valence-electron chi connectivity index (χ4n) is 1.90. The van der Waals surface area contributed by atoms with Gasteiger partial charge >= 0.3 is 11.9 Å². The van der Waals surface area contributed by atoms with Gasteiger partial charge in [-0.05, 0) is 36.4 Å². The summed E-state index contributed by atoms with van der Waals surface area (Å²) in [5, 5.41) is 19.0. The lowest BCUT2D eigenvalue weighted by molar-refractivity contribution is -0.134. The van der Waals surface area contributed by atoms with Gasteiger partial charge < -0.3 is 25.0 Å². The summed E-state index contributed by atoms with van der Waals surface area (Å²) in [6.07, 6.45) is 1.12. The van der Waals surface area contributed by atoms with Gasteiger partial charge in [0.1, 0.15) is 5.75 Å². The van der Waals surface area contributed by atoms with Crippen molar-refractivity contribution in [2.75, 3.05) is 38.5 Å². The molecule has 0 radical (unpaired) electrons. The maximum atomic E-state index is 11.9. The molecule has 0 aliphatic heterocycles. The minimum Gasteiger partial charge on any atom is -0.611 e. The normalized spacial score (nSPS) is 11.8. The molecule has 0 fully saturated rings. The van der Waals surface area contributed by atoms with E-state index in [1.165, 1.54) is 0 Å². The van der Waals surface area contributed by atoms with Crippen LogP contribution in [0.3, 0.4) is 0 Å². The van der Waals surface area contributed by atoms with E-state index >= 15 is 0 Å². The first-order chi connectivity index (χ1) is 12.4. The van der Waals surface area contributed by atoms with Crippen LogP contribution in [0.15, 0.2) is 47.4 Å². The van der Waals surface area contributed by atoms with Crippen LogP contribution in [0.5, 0.6) is 0 Å². The fourth-order valence-corrected chi connectivity index (χ4v) is 2.93. The molecule has 1 unspecified atom stereocenters. The van der Waals surface area contributed by atoms with Crippen LogP contribution in [0.4, 0.5) is 0 Å². The molecule has 0 spiro atoms. The van der Waals surface area contributed by atoms with Gasteiger partial charge in [0.05, 0.1) is 0 Å². The first-order valence-corrected chi connectivity index (χ1v) is 9.73. The largest absolute Gasteiger partial charge is 0.611 e. The number of nitrogens with one attached hydrogen (secondary N) is 1. The Labute approximate surface area is 157 Å². The van der Waals surface area contributed by atoms with Crippen LogP contribution in [0.25, 0.3) is 0 Å². The quantitative estimate of drug-likeness (QED) is 0.300. The van der Waals surface area contributed by atoms with Crippen LogP contribution in [0, 0.1) is 0 Å². The lowest BCUT2D eigenvalue weighted by Gasteiger charge is -2.18. The molecule has 0 heterocycles. The van der Waals surface area contributed by atoms with E-state index < -0.39 is 23.1 Å². The van der Waals surface area contributed by atoms with Gasteiger partial charge in [-0.15, -0.1) is 0 Å². The summed E-state index contributed by atoms with van der Waals surface area (Å²) < 4.78 is 11.9. The minimum absolute atomic E-state index is 0.558. The van der Waals surface area contributed by atoms with Crippen LogP contribution in [-0.4, -0.2) is 70.1 Å². The summed E-state index contributed by atoms with van der Waals surface area (Å²) in [4.78, 5) is 22.4. The molecule has 146 valence electrons. The number of carboxylic acid groups (broad SMARTS) is 2. The van der Waals surface area contributed by atoms with Crippen molar-refractivity contribution in [1.82, 2.24) is 10.2 Å². The molecular formula is C18H28N2O5S. The van der Waals surface area contributed by atoms with E-state index in [1.807, 2.05) is 30.3 Å². The zero-order chi connectivity index (χ0) is 19.8. The SMILES string of the molecule is CCN(CC)CCNCC[S+]([O-])c1ccccc1.O=C(O)/C=C\C(=O)O. The molecular weight excluding hydrogens is 356 g/mol. The Morgan fingerprint density at radius 1 is 1.08 bits per heavy atom. The number of benzene rings is 1. The Bertz CT molecular complexity index is 520. The molecule has 1 atom stereocenters. The second-order valence-electron chi connectivity index (χ2n) is 5.15. The highest BCUT2D eigenvalue weighted by Crippen LogP contribution is 2.08. The zero-order valence-corrected chi connectivity index (χ0v) is 16.1. The van der Waals surface area contributed by atoms with Gasteiger partial charge in [0.15, 0.2) is 4.90 Å². The van der Waals surface area contributed by atoms with Gasteiger partial charge in [-0.2, -0.15) is 0 Å². The third kappa shape index (κ3) is 13.4. The second-order valence-corrected chi connectivity index (χ2v) is 6.72. The van der Waals surface area contributed by atoms with Crippen LogP contribution >= 0.6 is 0 Å². The molecule has 1 rings (SSSR count). The van der Waals surface area contributed by atoms with E-state index in [0.29, 0.717) is 17.9 Å². The van der Waals surface area contributed by atoms with Crippen molar-refractivity contribution in [2.24, 2.45) is 0 Å². The molecule has 3 N–H and O–H groups in total. The topological polar surface area (TPSA) is 113 Å². The Morgan fingerprint density at radius 2 is 1.62 bits per heavy atom. The highest BCUT2D eigenvalue weighted by Gasteiger charge is 2.08. The Hall–Kier alpha value is -1.87. The van der Waals surface area contributed by atoms with Gasteiger partial charge in [0, 0.05) is 31.8 Å². The molecule has 0 aliphatic rings. The van der Waals surface area contributed by atoms with E-state index in [1.54, 1.807) is 0 Å². The number of hydrogen-bond acceptors (Lipinski definition) is 5. The number of likely N-dealkylation sites (N-methyl/N-ethyl adjacent to an activating group) is 1. The maximum absolute atomic E-state index is 11.9. The van der Waals surface area contributed by atoms with Crippen LogP contribution < -0.4 is 5.32 Å². The van der Waals surface area contributed by atoms with E-state index in [2.05, 4.69) is 24.1 Å². The van der Waals surface area contributed by atoms with Crippen molar-refractivity contribution in [2.45, 2.75) is 18.7 Å². The molecule has 0 aliphatic carbocycles. The molecule has 1 aromatic carbocycles. The Kier molecular flexibility index (Phi) is 14.3. The lowest BCUT2D eigenvalue weighted by Crippen LogP contribution is -2.33. The van der Waals surface area contributed by atoms with Crippen LogP contribution in [-0.2, 0) is 20.8 Å². The summed E-state index contributed by atoms with van der Waals surface area (Å²) in [6.45, 7) is 9.37. The van der Waals surface area contributed by atoms with E-state index in [9.17, 15) is 14.1 Å². The molecule has 8 heteroatoms. The van der Waals surface area contributed by atoms with Gasteiger partial charge in [-0.25, -0.2) is 9.59 Å². The van der Waals surface area contributed by atoms with Crippen molar-refractivity contribution in [3.8, 4) is 0 Å². The molecule has 7 nitrogen and oxygen atoms in total. The molecule has 1 aromatic rings. The van der Waals surface area contributed by atoms with Gasteiger partial charge in [-0.3, -0.25) is 0 Å². The highest BCUT2D eigenvalue weighted by atomic mass is 32.2. The summed E-state index contributed by atoms with van der Waals surface area (Å²) in [6, 6.07) is 9.66. The highest BCUT2D eigenvalue weighted by molar-refractivity contribution is 7.91. The number of aliphatic carboxylic acids is 2. The number of carboxylic acids is 2. The van der Waals surface area contributed by atoms with Gasteiger partial charge in [0.2, 0.25) is 0 Å². The maximum Gasteiger partial charge on any atom is 0.328 e. The smallest absolute Gasteiger partial charge is 0.328 e. The summed E-state index contributed by atoms with van der Waals surface area (Å²) in [7, 11) is 0. The van der Waals surface area contributed by atoms with E-state index in [4.69, 9.17) is 10.2 Å². The second kappa shape index (κ2) is 15.4. The van der Waals surface area contributed by atoms with Gasteiger partial charge in [0.25, 0.3) is 0 Å². The fraction of sp³-hybridized carbons (Fsp3) is 0.444. The molecule has 0 aromatic heterocycles. The minimum atomic E-state index is -1.26. The van der Waals surface area contributed by atoms with E-state index in [0.717, 1.165) is 37.6 Å². The van der Waals surface area contributed by atoms with Crippen molar-refractivity contribution >= 4 is 23.1 Å². The average molecular weight is 384 g/mol. The molecule has 0 saturated carbocycles. The average Bonchev–Trinajstić information content (AvgIpc) is 2.64. The van der Waals surface area contributed by atoms with Crippen molar-refractivity contribution in [3.63, 3.8) is 0 Å². The first kappa shape index (κ1) is 24.1. The standard InChI is InChI=1S/C14H24N2OS.C4H4O4/c1-3-16(4-2)12-10-15-11-13-18(17)14-8-6-5-7-9-14;5-3(6)1-2-4(7)8/h5-9,15H,3-4,10-13H2,1-2H3;1-2H,(H,5,6)(H,7,8)/b;2-1-. The summed E-state index contributed by atoms with van der Waals surface area (Å²) in [5.41, 5.74) is 0. The number of carbonyl (C=O) groups is 2. The first-order valence-electron chi connectivity index (χ1n) is 8.41. The van der Waals surface area contributed by atoms with Crippen molar-refractivity contribution in [3.05, 3.63) is 42.5 Å². The number of hydrogen-bond donors (Lipinski definition) is 3. The molecule has 0 bridgehead atoms. The zero-order valence-electron chi connectivity index (χ0n) is 15.3. The predicted molar refractivity (Wildman–Crippen MR) is 103 cm³/mol. The van der Waals surface area contributed by atoms with E-state index in [-0.39, 0.29) is 0 Å². The van der Waals surface area contributed by atoms with Crippen molar-refractivity contribution in [1.29, 1.82) is 0 Å². The molecule has 26 heavy (non-hydrogen) atoms. The predicted octanol–water partition coefficient (Wildman–Crippen LogP) is 1.44. The summed E-state index contributed by atoms with van der Waals surface area (Å²) >= 11 is -0.877. The van der Waals surface area contributed by atoms with Crippen LogP contribution in [0.1, 0.15) is 13.8 Å². The third-order valence-electron chi connectivity index (χ3n) is 3.34. The summed E-state index contributed by atoms with van der Waals surface area (Å²) in [5.74, 6) is -1.83. The molecule has 0 amide bonds.